The van der Waals surface area contributed by atoms with Crippen molar-refractivity contribution in [1.29, 1.82) is 0 Å². The van der Waals surface area contributed by atoms with Gasteiger partial charge in [0.25, 0.3) is 5.91 Å². The maximum Gasteiger partial charge on any atom is 0.315 e. The van der Waals surface area contributed by atoms with Crippen LogP contribution in [0.1, 0.15) is 48.1 Å². The Morgan fingerprint density at radius 1 is 1.10 bits per heavy atom. The Kier molecular flexibility index (Phi) is 8.24. The predicted octanol–water partition coefficient (Wildman–Crippen LogP) is 3.12. The lowest BCUT2D eigenvalue weighted by Gasteiger charge is -2.18. The van der Waals surface area contributed by atoms with E-state index in [2.05, 4.69) is 22.7 Å². The molecule has 2 N–H and O–H groups in total. The molecule has 0 aliphatic rings. The number of amides is 3. The van der Waals surface area contributed by atoms with E-state index in [1.807, 2.05) is 62.7 Å². The van der Waals surface area contributed by atoms with E-state index in [-0.39, 0.29) is 17.9 Å². The monoisotopic (exact) mass is 399 g/mol. The minimum atomic E-state index is -0.200. The van der Waals surface area contributed by atoms with Crippen molar-refractivity contribution in [3.8, 4) is 0 Å². The van der Waals surface area contributed by atoms with Gasteiger partial charge < -0.3 is 15.5 Å². The molecular formula is C22H33N5O2. The SMILES string of the molecule is CCN(CC)C(=O)c1ccc(CNC(=O)NCC(C)Cn2nc(C)cc2C)cc1. The molecule has 0 radical (unpaired) electrons. The van der Waals surface area contributed by atoms with E-state index in [0.717, 1.165) is 23.5 Å². The fraction of sp³-hybridized carbons (Fsp3) is 0.500. The molecule has 1 aromatic heterocycles. The van der Waals surface area contributed by atoms with Crippen LogP contribution in [0.25, 0.3) is 0 Å². The zero-order chi connectivity index (χ0) is 21.4. The molecule has 158 valence electrons. The van der Waals surface area contributed by atoms with Gasteiger partial charge in [-0.1, -0.05) is 19.1 Å². The van der Waals surface area contributed by atoms with E-state index in [0.29, 0.717) is 31.7 Å². The Morgan fingerprint density at radius 2 is 1.76 bits per heavy atom. The van der Waals surface area contributed by atoms with Crippen LogP contribution >= 0.6 is 0 Å². The predicted molar refractivity (Wildman–Crippen MR) is 115 cm³/mol. The Balaban J connectivity index is 1.76. The summed E-state index contributed by atoms with van der Waals surface area (Å²) < 4.78 is 1.97. The number of carbonyl (C=O) groups excluding carboxylic acids is 2. The zero-order valence-corrected chi connectivity index (χ0v) is 18.2. The van der Waals surface area contributed by atoms with E-state index in [4.69, 9.17) is 0 Å². The lowest BCUT2D eigenvalue weighted by Crippen LogP contribution is -2.38. The average molecular weight is 400 g/mol. The van der Waals surface area contributed by atoms with Crippen LogP contribution in [0.3, 0.4) is 0 Å². The lowest BCUT2D eigenvalue weighted by atomic mass is 10.1. The van der Waals surface area contributed by atoms with Crippen LogP contribution in [0.2, 0.25) is 0 Å². The normalized spacial score (nSPS) is 11.8. The molecule has 7 heteroatoms. The number of carbonyl (C=O) groups is 2. The molecule has 1 aromatic carbocycles. The van der Waals surface area contributed by atoms with Gasteiger partial charge in [-0.3, -0.25) is 9.48 Å². The molecule has 0 saturated carbocycles. The molecule has 0 saturated heterocycles. The second kappa shape index (κ2) is 10.6. The van der Waals surface area contributed by atoms with Crippen molar-refractivity contribution in [1.82, 2.24) is 25.3 Å². The zero-order valence-electron chi connectivity index (χ0n) is 18.2. The van der Waals surface area contributed by atoms with Crippen LogP contribution in [0.5, 0.6) is 0 Å². The molecule has 1 heterocycles. The molecular weight excluding hydrogens is 366 g/mol. The smallest absolute Gasteiger partial charge is 0.315 e. The van der Waals surface area contributed by atoms with Crippen molar-refractivity contribution in [2.24, 2.45) is 5.92 Å². The number of hydrogen-bond acceptors (Lipinski definition) is 3. The number of benzene rings is 1. The third kappa shape index (κ3) is 6.62. The number of nitrogens with zero attached hydrogens (tertiary/aromatic N) is 3. The Hall–Kier alpha value is -2.83. The van der Waals surface area contributed by atoms with Gasteiger partial charge in [-0.05, 0) is 57.4 Å². The van der Waals surface area contributed by atoms with Gasteiger partial charge in [-0.15, -0.1) is 0 Å². The molecule has 1 unspecified atom stereocenters. The maximum absolute atomic E-state index is 12.3. The summed E-state index contributed by atoms with van der Waals surface area (Å²) in [5, 5.41) is 10.2. The second-order valence-corrected chi connectivity index (χ2v) is 7.45. The second-order valence-electron chi connectivity index (χ2n) is 7.45. The van der Waals surface area contributed by atoms with Crippen LogP contribution in [-0.4, -0.2) is 46.3 Å². The minimum absolute atomic E-state index is 0.0313. The fourth-order valence-corrected chi connectivity index (χ4v) is 3.19. The van der Waals surface area contributed by atoms with E-state index in [1.165, 1.54) is 0 Å². The number of aromatic nitrogens is 2. The standard InChI is InChI=1S/C22H33N5O2/c1-6-26(7-2)21(28)20-10-8-19(9-11-20)14-24-22(29)23-13-16(3)15-27-18(5)12-17(4)25-27/h8-12,16H,6-7,13-15H2,1-5H3,(H2,23,24,29). The van der Waals surface area contributed by atoms with Gasteiger partial charge in [0.1, 0.15) is 0 Å². The molecule has 2 rings (SSSR count). The summed E-state index contributed by atoms with van der Waals surface area (Å²) in [6, 6.07) is 9.23. The Morgan fingerprint density at radius 3 is 2.31 bits per heavy atom. The molecule has 0 spiro atoms. The summed E-state index contributed by atoms with van der Waals surface area (Å²) in [7, 11) is 0. The van der Waals surface area contributed by atoms with E-state index < -0.39 is 0 Å². The first-order valence-corrected chi connectivity index (χ1v) is 10.2. The first kappa shape index (κ1) is 22.5. The van der Waals surface area contributed by atoms with E-state index in [1.54, 1.807) is 4.90 Å². The van der Waals surface area contributed by atoms with Crippen molar-refractivity contribution < 1.29 is 9.59 Å². The summed E-state index contributed by atoms with van der Waals surface area (Å²) in [5.74, 6) is 0.299. The highest BCUT2D eigenvalue weighted by Gasteiger charge is 2.12. The van der Waals surface area contributed by atoms with Crippen molar-refractivity contribution in [2.75, 3.05) is 19.6 Å². The first-order valence-electron chi connectivity index (χ1n) is 10.2. The van der Waals surface area contributed by atoms with Gasteiger partial charge in [0.05, 0.1) is 5.69 Å². The van der Waals surface area contributed by atoms with Crippen molar-refractivity contribution >= 4 is 11.9 Å². The van der Waals surface area contributed by atoms with Gasteiger partial charge in [0, 0.05) is 44.0 Å². The maximum atomic E-state index is 12.3. The van der Waals surface area contributed by atoms with Crippen LogP contribution < -0.4 is 10.6 Å². The number of rotatable bonds is 9. The largest absolute Gasteiger partial charge is 0.339 e. The number of hydrogen-bond donors (Lipinski definition) is 2. The van der Waals surface area contributed by atoms with Gasteiger partial charge in [0.2, 0.25) is 0 Å². The number of aryl methyl sites for hydroxylation is 2. The molecule has 1 atom stereocenters. The molecule has 2 aromatic rings. The first-order chi connectivity index (χ1) is 13.8. The third-order valence-corrected chi connectivity index (χ3v) is 4.90. The average Bonchev–Trinajstić information content (AvgIpc) is 3.02. The van der Waals surface area contributed by atoms with Crippen LogP contribution in [-0.2, 0) is 13.1 Å². The summed E-state index contributed by atoms with van der Waals surface area (Å²) in [6.45, 7) is 13.2. The Labute approximate surface area is 173 Å². The summed E-state index contributed by atoms with van der Waals surface area (Å²) in [4.78, 5) is 26.2. The number of urea groups is 1. The summed E-state index contributed by atoms with van der Waals surface area (Å²) >= 11 is 0. The van der Waals surface area contributed by atoms with Crippen molar-refractivity contribution in [3.63, 3.8) is 0 Å². The molecule has 0 aliphatic heterocycles. The molecule has 3 amide bonds. The van der Waals surface area contributed by atoms with Gasteiger partial charge >= 0.3 is 6.03 Å². The highest BCUT2D eigenvalue weighted by Crippen LogP contribution is 2.08. The van der Waals surface area contributed by atoms with E-state index in [9.17, 15) is 9.59 Å². The van der Waals surface area contributed by atoms with Crippen molar-refractivity contribution in [3.05, 3.63) is 52.8 Å². The highest BCUT2D eigenvalue weighted by atomic mass is 16.2. The molecule has 0 fully saturated rings. The molecule has 7 nitrogen and oxygen atoms in total. The van der Waals surface area contributed by atoms with Crippen molar-refractivity contribution in [2.45, 2.75) is 47.7 Å². The van der Waals surface area contributed by atoms with Crippen LogP contribution in [0, 0.1) is 19.8 Å². The minimum Gasteiger partial charge on any atom is -0.339 e. The fourth-order valence-electron chi connectivity index (χ4n) is 3.19. The molecule has 29 heavy (non-hydrogen) atoms. The third-order valence-electron chi connectivity index (χ3n) is 4.90. The number of nitrogens with one attached hydrogen (secondary N) is 2. The van der Waals surface area contributed by atoms with Crippen LogP contribution in [0.4, 0.5) is 4.79 Å². The van der Waals surface area contributed by atoms with E-state index >= 15 is 0 Å². The Bertz CT molecular complexity index is 809. The summed E-state index contributed by atoms with van der Waals surface area (Å²) in [6.07, 6.45) is 0. The topological polar surface area (TPSA) is 79.3 Å². The molecule has 0 bridgehead atoms. The quantitative estimate of drug-likeness (QED) is 0.680. The van der Waals surface area contributed by atoms with Gasteiger partial charge in [0.15, 0.2) is 0 Å². The molecule has 0 aliphatic carbocycles. The van der Waals surface area contributed by atoms with Gasteiger partial charge in [-0.2, -0.15) is 5.10 Å². The lowest BCUT2D eigenvalue weighted by molar-refractivity contribution is 0.0773. The highest BCUT2D eigenvalue weighted by molar-refractivity contribution is 5.94. The summed E-state index contributed by atoms with van der Waals surface area (Å²) in [5.41, 5.74) is 3.75. The van der Waals surface area contributed by atoms with Gasteiger partial charge in [-0.25, -0.2) is 4.79 Å². The van der Waals surface area contributed by atoms with Crippen LogP contribution in [0.15, 0.2) is 30.3 Å².